The van der Waals surface area contributed by atoms with Crippen molar-refractivity contribution in [1.29, 1.82) is 0 Å². The van der Waals surface area contributed by atoms with Gasteiger partial charge in [-0.3, -0.25) is 4.79 Å². The number of likely N-dealkylation sites (tertiary alicyclic amines) is 1. The second-order valence-corrected chi connectivity index (χ2v) is 5.78. The summed E-state index contributed by atoms with van der Waals surface area (Å²) < 4.78 is 0. The Morgan fingerprint density at radius 3 is 3.17 bits per heavy atom. The van der Waals surface area contributed by atoms with Crippen molar-refractivity contribution in [2.75, 3.05) is 6.54 Å². The highest BCUT2D eigenvalue weighted by Gasteiger charge is 2.32. The van der Waals surface area contributed by atoms with Crippen molar-refractivity contribution in [3.63, 3.8) is 0 Å². The van der Waals surface area contributed by atoms with E-state index in [1.807, 2.05) is 4.90 Å². The van der Waals surface area contributed by atoms with E-state index in [-0.39, 0.29) is 18.0 Å². The molecule has 0 aromatic carbocycles. The van der Waals surface area contributed by atoms with Crippen LogP contribution in [-0.2, 0) is 4.79 Å². The largest absolute Gasteiger partial charge is 0.334 e. The van der Waals surface area contributed by atoms with E-state index in [1.54, 1.807) is 11.3 Å². The summed E-state index contributed by atoms with van der Waals surface area (Å²) in [5, 5.41) is 4.22. The van der Waals surface area contributed by atoms with Crippen molar-refractivity contribution in [1.82, 2.24) is 4.90 Å². The molecule has 4 heteroatoms. The lowest BCUT2D eigenvalue weighted by Crippen LogP contribution is -2.43. The molecule has 2 heterocycles. The Labute approximate surface area is 113 Å². The van der Waals surface area contributed by atoms with E-state index < -0.39 is 0 Å². The van der Waals surface area contributed by atoms with Gasteiger partial charge < -0.3 is 10.6 Å². The van der Waals surface area contributed by atoms with Gasteiger partial charge in [-0.25, -0.2) is 0 Å². The van der Waals surface area contributed by atoms with Crippen molar-refractivity contribution in [3.8, 4) is 0 Å². The molecule has 0 bridgehead atoms. The standard InChI is InChI=1S/C14H22N2OS/c1-2-3-5-12(15)14(17)16-8-4-6-13(16)11-7-9-18-10-11/h7,9-10,12-13H,2-6,8,15H2,1H3. The molecule has 2 N–H and O–H groups in total. The van der Waals surface area contributed by atoms with Gasteiger partial charge in [0.2, 0.25) is 5.91 Å². The maximum Gasteiger partial charge on any atom is 0.239 e. The second-order valence-electron chi connectivity index (χ2n) is 5.00. The molecule has 1 amide bonds. The van der Waals surface area contributed by atoms with E-state index in [1.165, 1.54) is 5.56 Å². The zero-order valence-corrected chi connectivity index (χ0v) is 11.8. The van der Waals surface area contributed by atoms with Crippen molar-refractivity contribution < 1.29 is 4.79 Å². The maximum atomic E-state index is 12.4. The molecular formula is C14H22N2OS. The third-order valence-electron chi connectivity index (χ3n) is 3.65. The molecular weight excluding hydrogens is 244 g/mol. The van der Waals surface area contributed by atoms with Crippen LogP contribution in [0.25, 0.3) is 0 Å². The smallest absolute Gasteiger partial charge is 0.239 e. The number of nitrogens with zero attached hydrogens (tertiary/aromatic N) is 1. The molecule has 0 spiro atoms. The summed E-state index contributed by atoms with van der Waals surface area (Å²) in [6, 6.07) is 2.07. The second kappa shape index (κ2) is 6.34. The minimum atomic E-state index is -0.316. The fraction of sp³-hybridized carbons (Fsp3) is 0.643. The SMILES string of the molecule is CCCCC(N)C(=O)N1CCCC1c1ccsc1. The first-order chi connectivity index (χ1) is 8.74. The molecule has 0 radical (unpaired) electrons. The lowest BCUT2D eigenvalue weighted by atomic mass is 10.1. The van der Waals surface area contributed by atoms with E-state index >= 15 is 0 Å². The Morgan fingerprint density at radius 1 is 1.67 bits per heavy atom. The van der Waals surface area contributed by atoms with Gasteiger partial charge in [-0.15, -0.1) is 0 Å². The van der Waals surface area contributed by atoms with Crippen molar-refractivity contribution in [3.05, 3.63) is 22.4 Å². The van der Waals surface area contributed by atoms with Crippen LogP contribution in [0.15, 0.2) is 16.8 Å². The van der Waals surface area contributed by atoms with Crippen LogP contribution in [0.1, 0.15) is 50.6 Å². The normalized spacial score (nSPS) is 21.2. The van der Waals surface area contributed by atoms with Crippen LogP contribution in [0.5, 0.6) is 0 Å². The summed E-state index contributed by atoms with van der Waals surface area (Å²) in [4.78, 5) is 14.3. The van der Waals surface area contributed by atoms with E-state index in [2.05, 4.69) is 23.8 Å². The number of thiophene rings is 1. The van der Waals surface area contributed by atoms with Gasteiger partial charge in [0.25, 0.3) is 0 Å². The summed E-state index contributed by atoms with van der Waals surface area (Å²) in [6.45, 7) is 2.99. The van der Waals surface area contributed by atoms with Crippen LogP contribution in [-0.4, -0.2) is 23.4 Å². The summed E-state index contributed by atoms with van der Waals surface area (Å²) in [5.41, 5.74) is 7.28. The maximum absolute atomic E-state index is 12.4. The Balaban J connectivity index is 2.00. The predicted octanol–water partition coefficient (Wildman–Crippen LogP) is 2.93. The van der Waals surface area contributed by atoms with Gasteiger partial charge in [0.05, 0.1) is 12.1 Å². The molecule has 1 aliphatic rings. The summed E-state index contributed by atoms with van der Waals surface area (Å²) in [5.74, 6) is 0.136. The minimum Gasteiger partial charge on any atom is -0.334 e. The molecule has 1 aliphatic heterocycles. The Hall–Kier alpha value is -0.870. The third-order valence-corrected chi connectivity index (χ3v) is 4.35. The van der Waals surface area contributed by atoms with Gasteiger partial charge in [-0.05, 0) is 41.7 Å². The molecule has 1 aromatic rings. The van der Waals surface area contributed by atoms with Gasteiger partial charge in [-0.2, -0.15) is 11.3 Å². The highest BCUT2D eigenvalue weighted by molar-refractivity contribution is 7.07. The minimum absolute atomic E-state index is 0.136. The van der Waals surface area contributed by atoms with E-state index in [4.69, 9.17) is 5.73 Å². The van der Waals surface area contributed by atoms with Crippen LogP contribution in [0.4, 0.5) is 0 Å². The lowest BCUT2D eigenvalue weighted by Gasteiger charge is -2.27. The molecule has 1 saturated heterocycles. The first-order valence-electron chi connectivity index (χ1n) is 6.82. The van der Waals surface area contributed by atoms with E-state index in [9.17, 15) is 4.79 Å². The molecule has 0 aliphatic carbocycles. The van der Waals surface area contributed by atoms with Crippen molar-refractivity contribution >= 4 is 17.2 Å². The summed E-state index contributed by atoms with van der Waals surface area (Å²) in [6.07, 6.45) is 5.09. The molecule has 0 saturated carbocycles. The number of unbranched alkanes of at least 4 members (excludes halogenated alkanes) is 1. The summed E-state index contributed by atoms with van der Waals surface area (Å²) in [7, 11) is 0. The zero-order chi connectivity index (χ0) is 13.0. The van der Waals surface area contributed by atoms with Gasteiger partial charge in [0, 0.05) is 6.54 Å². The average molecular weight is 266 g/mol. The van der Waals surface area contributed by atoms with Crippen LogP contribution < -0.4 is 5.73 Å². The molecule has 100 valence electrons. The summed E-state index contributed by atoms with van der Waals surface area (Å²) >= 11 is 1.69. The Kier molecular flexibility index (Phi) is 4.78. The highest BCUT2D eigenvalue weighted by Crippen LogP contribution is 2.33. The van der Waals surface area contributed by atoms with Crippen molar-refractivity contribution in [2.45, 2.75) is 51.1 Å². The van der Waals surface area contributed by atoms with Crippen LogP contribution >= 0.6 is 11.3 Å². The molecule has 1 aromatic heterocycles. The topological polar surface area (TPSA) is 46.3 Å². The van der Waals surface area contributed by atoms with E-state index in [0.29, 0.717) is 0 Å². The van der Waals surface area contributed by atoms with E-state index in [0.717, 1.165) is 38.6 Å². The number of hydrogen-bond donors (Lipinski definition) is 1. The Morgan fingerprint density at radius 2 is 2.50 bits per heavy atom. The first kappa shape index (κ1) is 13.6. The van der Waals surface area contributed by atoms with Gasteiger partial charge in [-0.1, -0.05) is 19.8 Å². The molecule has 18 heavy (non-hydrogen) atoms. The van der Waals surface area contributed by atoms with Crippen LogP contribution in [0.3, 0.4) is 0 Å². The fourth-order valence-corrected chi connectivity index (χ4v) is 3.31. The molecule has 2 atom stereocenters. The molecule has 2 unspecified atom stereocenters. The first-order valence-corrected chi connectivity index (χ1v) is 7.76. The average Bonchev–Trinajstić information content (AvgIpc) is 3.03. The molecule has 1 fully saturated rings. The van der Waals surface area contributed by atoms with Crippen LogP contribution in [0.2, 0.25) is 0 Å². The van der Waals surface area contributed by atoms with Gasteiger partial charge in [0.15, 0.2) is 0 Å². The molecule has 3 nitrogen and oxygen atoms in total. The fourth-order valence-electron chi connectivity index (χ4n) is 2.60. The van der Waals surface area contributed by atoms with Gasteiger partial charge >= 0.3 is 0 Å². The number of amides is 1. The highest BCUT2D eigenvalue weighted by atomic mass is 32.1. The number of hydrogen-bond acceptors (Lipinski definition) is 3. The number of carbonyl (C=O) groups is 1. The van der Waals surface area contributed by atoms with Crippen LogP contribution in [0, 0.1) is 0 Å². The zero-order valence-electron chi connectivity index (χ0n) is 11.0. The quantitative estimate of drug-likeness (QED) is 0.890. The monoisotopic (exact) mass is 266 g/mol. The lowest BCUT2D eigenvalue weighted by molar-refractivity contribution is -0.133. The molecule has 2 rings (SSSR count). The number of rotatable bonds is 5. The number of carbonyl (C=O) groups excluding carboxylic acids is 1. The third kappa shape index (κ3) is 2.93. The Bertz CT molecular complexity index is 377. The number of nitrogens with two attached hydrogens (primary N) is 1. The van der Waals surface area contributed by atoms with Crippen molar-refractivity contribution in [2.24, 2.45) is 5.73 Å². The predicted molar refractivity (Wildman–Crippen MR) is 75.5 cm³/mol. The van der Waals surface area contributed by atoms with Gasteiger partial charge in [0.1, 0.15) is 0 Å².